The number of anilines is 1. The van der Waals surface area contributed by atoms with E-state index in [4.69, 9.17) is 32.7 Å². The lowest BCUT2D eigenvalue weighted by molar-refractivity contribution is -0.116. The summed E-state index contributed by atoms with van der Waals surface area (Å²) in [7, 11) is 0. The molecule has 7 heteroatoms. The summed E-state index contributed by atoms with van der Waals surface area (Å²) in [6.07, 6.45) is 0.337. The van der Waals surface area contributed by atoms with Crippen molar-refractivity contribution < 1.29 is 14.3 Å². The molecule has 1 aliphatic rings. The van der Waals surface area contributed by atoms with Gasteiger partial charge in [-0.2, -0.15) is 0 Å². The lowest BCUT2D eigenvalue weighted by Gasteiger charge is -2.08. The van der Waals surface area contributed by atoms with Crippen LogP contribution in [0.15, 0.2) is 36.4 Å². The third-order valence-corrected chi connectivity index (χ3v) is 4.05. The predicted octanol–water partition coefficient (Wildman–Crippen LogP) is 3.84. The Bertz CT molecular complexity index is 753. The second-order valence-electron chi connectivity index (χ2n) is 5.29. The zero-order valence-corrected chi connectivity index (χ0v) is 14.3. The van der Waals surface area contributed by atoms with Gasteiger partial charge in [0.1, 0.15) is 0 Å². The van der Waals surface area contributed by atoms with Crippen LogP contribution in [0.2, 0.25) is 10.0 Å². The molecule has 0 atom stereocenters. The van der Waals surface area contributed by atoms with Crippen molar-refractivity contribution in [1.29, 1.82) is 0 Å². The molecule has 0 saturated heterocycles. The normalized spacial score (nSPS) is 12.2. The van der Waals surface area contributed by atoms with Gasteiger partial charge in [-0.25, -0.2) is 0 Å². The average Bonchev–Trinajstić information content (AvgIpc) is 3.02. The van der Waals surface area contributed by atoms with E-state index in [1.165, 1.54) is 0 Å². The minimum absolute atomic E-state index is 0.114. The topological polar surface area (TPSA) is 59.6 Å². The number of halogens is 2. The molecule has 1 heterocycles. The third kappa shape index (κ3) is 4.32. The maximum absolute atomic E-state index is 11.9. The van der Waals surface area contributed by atoms with Crippen LogP contribution in [0.25, 0.3) is 0 Å². The van der Waals surface area contributed by atoms with Crippen LogP contribution in [0, 0.1) is 0 Å². The molecule has 2 N–H and O–H groups in total. The number of amides is 1. The molecule has 0 spiro atoms. The quantitative estimate of drug-likeness (QED) is 0.762. The maximum atomic E-state index is 11.9. The number of carbonyl (C=O) groups is 1. The molecule has 0 aliphatic carbocycles. The SMILES string of the molecule is O=C(CCNCc1ccc2c(c1)OCO2)Nc1ccc(Cl)cc1Cl. The van der Waals surface area contributed by atoms with Crippen molar-refractivity contribution in [3.8, 4) is 11.5 Å². The van der Waals surface area contributed by atoms with E-state index in [9.17, 15) is 4.79 Å². The third-order valence-electron chi connectivity index (χ3n) is 3.50. The van der Waals surface area contributed by atoms with Crippen LogP contribution in [-0.2, 0) is 11.3 Å². The Labute approximate surface area is 149 Å². The summed E-state index contributed by atoms with van der Waals surface area (Å²) in [4.78, 5) is 11.9. The van der Waals surface area contributed by atoms with Gasteiger partial charge in [0.15, 0.2) is 11.5 Å². The standard InChI is InChI=1S/C17H16Cl2N2O3/c18-12-2-3-14(13(19)8-12)21-17(22)5-6-20-9-11-1-4-15-16(7-11)24-10-23-15/h1-4,7-8,20H,5-6,9-10H2,(H,21,22). The first-order valence-corrected chi connectivity index (χ1v) is 8.21. The number of hydrogen-bond donors (Lipinski definition) is 2. The molecule has 24 heavy (non-hydrogen) atoms. The van der Waals surface area contributed by atoms with E-state index in [-0.39, 0.29) is 12.7 Å². The number of hydrogen-bond acceptors (Lipinski definition) is 4. The maximum Gasteiger partial charge on any atom is 0.231 e. The smallest absolute Gasteiger partial charge is 0.231 e. The highest BCUT2D eigenvalue weighted by molar-refractivity contribution is 6.36. The molecular formula is C17H16Cl2N2O3. The van der Waals surface area contributed by atoms with Gasteiger partial charge in [0.25, 0.3) is 0 Å². The first kappa shape index (κ1) is 16.9. The van der Waals surface area contributed by atoms with Crippen molar-refractivity contribution in [3.05, 3.63) is 52.0 Å². The molecule has 0 aromatic heterocycles. The van der Waals surface area contributed by atoms with Crippen molar-refractivity contribution in [3.63, 3.8) is 0 Å². The minimum Gasteiger partial charge on any atom is -0.454 e. The highest BCUT2D eigenvalue weighted by Crippen LogP contribution is 2.32. The summed E-state index contributed by atoms with van der Waals surface area (Å²) in [6.45, 7) is 1.46. The molecule has 0 bridgehead atoms. The Morgan fingerprint density at radius 1 is 1.08 bits per heavy atom. The minimum atomic E-state index is -0.114. The predicted molar refractivity (Wildman–Crippen MR) is 94.0 cm³/mol. The summed E-state index contributed by atoms with van der Waals surface area (Å²) >= 11 is 11.8. The number of nitrogens with one attached hydrogen (secondary N) is 2. The molecule has 2 aromatic rings. The number of carbonyl (C=O) groups excluding carboxylic acids is 1. The van der Waals surface area contributed by atoms with Gasteiger partial charge in [0.05, 0.1) is 10.7 Å². The zero-order chi connectivity index (χ0) is 16.9. The van der Waals surface area contributed by atoms with Gasteiger partial charge in [-0.1, -0.05) is 29.3 Å². The molecule has 126 valence electrons. The van der Waals surface area contributed by atoms with Gasteiger partial charge in [0, 0.05) is 24.5 Å². The highest BCUT2D eigenvalue weighted by Gasteiger charge is 2.13. The van der Waals surface area contributed by atoms with Crippen LogP contribution in [0.5, 0.6) is 11.5 Å². The van der Waals surface area contributed by atoms with Crippen LogP contribution >= 0.6 is 23.2 Å². The van der Waals surface area contributed by atoms with Crippen LogP contribution in [-0.4, -0.2) is 19.2 Å². The van der Waals surface area contributed by atoms with E-state index < -0.39 is 0 Å². The lowest BCUT2D eigenvalue weighted by atomic mass is 10.2. The zero-order valence-electron chi connectivity index (χ0n) is 12.8. The largest absolute Gasteiger partial charge is 0.454 e. The van der Waals surface area contributed by atoms with Crippen molar-refractivity contribution in [2.45, 2.75) is 13.0 Å². The first-order chi connectivity index (χ1) is 11.6. The van der Waals surface area contributed by atoms with Crippen LogP contribution in [0.1, 0.15) is 12.0 Å². The molecule has 5 nitrogen and oxygen atoms in total. The molecule has 1 aliphatic heterocycles. The number of ether oxygens (including phenoxy) is 2. The Morgan fingerprint density at radius 3 is 2.75 bits per heavy atom. The van der Waals surface area contributed by atoms with Crippen molar-refractivity contribution in [2.24, 2.45) is 0 Å². The van der Waals surface area contributed by atoms with E-state index >= 15 is 0 Å². The number of benzene rings is 2. The highest BCUT2D eigenvalue weighted by atomic mass is 35.5. The monoisotopic (exact) mass is 366 g/mol. The molecule has 1 amide bonds. The first-order valence-electron chi connectivity index (χ1n) is 7.46. The van der Waals surface area contributed by atoms with Gasteiger partial charge in [0.2, 0.25) is 12.7 Å². The second kappa shape index (κ2) is 7.75. The number of rotatable bonds is 6. The fourth-order valence-electron chi connectivity index (χ4n) is 2.29. The Kier molecular flexibility index (Phi) is 5.45. The van der Waals surface area contributed by atoms with Gasteiger partial charge < -0.3 is 20.1 Å². The molecular weight excluding hydrogens is 351 g/mol. The summed E-state index contributed by atoms with van der Waals surface area (Å²) in [6, 6.07) is 10.7. The molecule has 0 fully saturated rings. The molecule has 3 rings (SSSR count). The van der Waals surface area contributed by atoms with Gasteiger partial charge in [-0.15, -0.1) is 0 Å². The molecule has 0 radical (unpaired) electrons. The summed E-state index contributed by atoms with van der Waals surface area (Å²) in [5.41, 5.74) is 1.63. The van der Waals surface area contributed by atoms with E-state index in [1.54, 1.807) is 18.2 Å². The average molecular weight is 367 g/mol. The van der Waals surface area contributed by atoms with Crippen molar-refractivity contribution in [1.82, 2.24) is 5.32 Å². The molecule has 0 unspecified atom stereocenters. The van der Waals surface area contributed by atoms with E-state index in [1.807, 2.05) is 18.2 Å². The van der Waals surface area contributed by atoms with Gasteiger partial charge in [-0.05, 0) is 35.9 Å². The van der Waals surface area contributed by atoms with Crippen LogP contribution in [0.4, 0.5) is 5.69 Å². The van der Waals surface area contributed by atoms with E-state index in [0.717, 1.165) is 17.1 Å². The van der Waals surface area contributed by atoms with E-state index in [0.29, 0.717) is 35.2 Å². The Morgan fingerprint density at radius 2 is 1.92 bits per heavy atom. The van der Waals surface area contributed by atoms with E-state index in [2.05, 4.69) is 10.6 Å². The van der Waals surface area contributed by atoms with Crippen LogP contribution < -0.4 is 20.1 Å². The molecule has 2 aromatic carbocycles. The van der Waals surface area contributed by atoms with Gasteiger partial charge in [-0.3, -0.25) is 4.79 Å². The van der Waals surface area contributed by atoms with Crippen LogP contribution in [0.3, 0.4) is 0 Å². The second-order valence-corrected chi connectivity index (χ2v) is 6.13. The summed E-state index contributed by atoms with van der Waals surface area (Å²) < 4.78 is 10.6. The molecule has 0 saturated carbocycles. The lowest BCUT2D eigenvalue weighted by Crippen LogP contribution is -2.21. The Hall–Kier alpha value is -1.95. The number of fused-ring (bicyclic) bond motifs is 1. The van der Waals surface area contributed by atoms with Crippen molar-refractivity contribution >= 4 is 34.8 Å². The fourth-order valence-corrected chi connectivity index (χ4v) is 2.74. The Balaban J connectivity index is 1.42. The van der Waals surface area contributed by atoms with Crippen molar-refractivity contribution in [2.75, 3.05) is 18.7 Å². The fraction of sp³-hybridized carbons (Fsp3) is 0.235. The summed E-state index contributed by atoms with van der Waals surface area (Å²) in [5.74, 6) is 1.40. The van der Waals surface area contributed by atoms with Gasteiger partial charge >= 0.3 is 0 Å². The summed E-state index contributed by atoms with van der Waals surface area (Å²) in [5, 5.41) is 6.94.